The van der Waals surface area contributed by atoms with E-state index in [0.29, 0.717) is 12.4 Å². The molecule has 3 rings (SSSR count). The maximum Gasteiger partial charge on any atom is 0.226 e. The van der Waals surface area contributed by atoms with Crippen molar-refractivity contribution in [1.82, 2.24) is 15.6 Å². The van der Waals surface area contributed by atoms with Crippen LogP contribution in [0.1, 0.15) is 16.8 Å². The number of ether oxygens (including phenoxy) is 1. The number of hydrogen-bond acceptors (Lipinski definition) is 4. The van der Waals surface area contributed by atoms with Crippen molar-refractivity contribution in [2.45, 2.75) is 19.9 Å². The van der Waals surface area contributed by atoms with Gasteiger partial charge in [-0.05, 0) is 37.1 Å². The highest BCUT2D eigenvalue weighted by molar-refractivity contribution is 5.79. The first-order valence-corrected chi connectivity index (χ1v) is 9.27. The summed E-state index contributed by atoms with van der Waals surface area (Å²) in [6.45, 7) is 3.33. The van der Waals surface area contributed by atoms with Gasteiger partial charge in [-0.25, -0.2) is 4.98 Å². The molecule has 2 aromatic carbocycles. The van der Waals surface area contributed by atoms with Crippen LogP contribution in [0.2, 0.25) is 0 Å². The Morgan fingerprint density at radius 1 is 1.11 bits per heavy atom. The molecule has 2 N–H and O–H groups in total. The number of nitrogens with zero attached hydrogens (tertiary/aromatic N) is 2. The number of hydrogen-bond donors (Lipinski definition) is 2. The second kappa shape index (κ2) is 9.60. The number of aryl methyl sites for hydroxylation is 1. The molecule has 0 saturated heterocycles. The van der Waals surface area contributed by atoms with E-state index in [2.05, 4.69) is 33.6 Å². The summed E-state index contributed by atoms with van der Waals surface area (Å²) in [4.78, 5) is 8.79. The Hall–Kier alpha value is -3.28. The molecule has 0 bridgehead atoms. The molecular formula is C22H26N4O2. The van der Waals surface area contributed by atoms with Gasteiger partial charge in [0.2, 0.25) is 5.89 Å². The quantitative estimate of drug-likeness (QED) is 0.486. The maximum atomic E-state index is 5.60. The van der Waals surface area contributed by atoms with E-state index in [1.807, 2.05) is 42.5 Å². The van der Waals surface area contributed by atoms with E-state index in [4.69, 9.17) is 9.15 Å². The monoisotopic (exact) mass is 378 g/mol. The van der Waals surface area contributed by atoms with Crippen LogP contribution in [0, 0.1) is 6.92 Å². The van der Waals surface area contributed by atoms with Gasteiger partial charge in [0.15, 0.2) is 5.96 Å². The van der Waals surface area contributed by atoms with Crippen molar-refractivity contribution in [3.63, 3.8) is 0 Å². The molecular weight excluding hydrogens is 352 g/mol. The van der Waals surface area contributed by atoms with E-state index < -0.39 is 0 Å². The lowest BCUT2D eigenvalue weighted by Crippen LogP contribution is -2.37. The predicted molar refractivity (Wildman–Crippen MR) is 112 cm³/mol. The maximum absolute atomic E-state index is 5.60. The van der Waals surface area contributed by atoms with Gasteiger partial charge >= 0.3 is 0 Å². The van der Waals surface area contributed by atoms with Crippen LogP contribution in [0.15, 0.2) is 64.2 Å². The van der Waals surface area contributed by atoms with Crippen LogP contribution in [0.3, 0.4) is 0 Å². The molecule has 0 aliphatic rings. The van der Waals surface area contributed by atoms with Gasteiger partial charge < -0.3 is 19.8 Å². The standard InChI is InChI=1S/C22H26N4O2/c1-16-8-10-18(11-9-16)21-26-19(15-28-21)14-25-22(23-2)24-13-12-17-6-4-5-7-20(17)27-3/h4-11,15H,12-14H2,1-3H3,(H2,23,24,25). The molecule has 0 saturated carbocycles. The Bertz CT molecular complexity index is 916. The number of oxazole rings is 1. The minimum atomic E-state index is 0.531. The van der Waals surface area contributed by atoms with Crippen LogP contribution in [0.4, 0.5) is 0 Å². The Kier molecular flexibility index (Phi) is 6.68. The topological polar surface area (TPSA) is 71.7 Å². The molecule has 0 radical (unpaired) electrons. The average molecular weight is 378 g/mol. The number of benzene rings is 2. The summed E-state index contributed by atoms with van der Waals surface area (Å²) in [5, 5.41) is 6.57. The van der Waals surface area contributed by atoms with E-state index >= 15 is 0 Å². The van der Waals surface area contributed by atoms with Gasteiger partial charge in [0.25, 0.3) is 0 Å². The average Bonchev–Trinajstić information content (AvgIpc) is 3.20. The molecule has 0 fully saturated rings. The summed E-state index contributed by atoms with van der Waals surface area (Å²) < 4.78 is 11.0. The predicted octanol–water partition coefficient (Wildman–Crippen LogP) is 3.57. The molecule has 6 heteroatoms. The lowest BCUT2D eigenvalue weighted by molar-refractivity contribution is 0.409. The van der Waals surface area contributed by atoms with Gasteiger partial charge in [0.1, 0.15) is 12.0 Å². The first-order valence-electron chi connectivity index (χ1n) is 9.27. The molecule has 6 nitrogen and oxygen atoms in total. The first-order chi connectivity index (χ1) is 13.7. The molecule has 28 heavy (non-hydrogen) atoms. The molecule has 1 heterocycles. The number of rotatable bonds is 7. The van der Waals surface area contributed by atoms with Crippen LogP contribution in [-0.4, -0.2) is 31.6 Å². The summed E-state index contributed by atoms with van der Waals surface area (Å²) in [6, 6.07) is 16.1. The van der Waals surface area contributed by atoms with Crippen LogP contribution < -0.4 is 15.4 Å². The smallest absolute Gasteiger partial charge is 0.226 e. The fraction of sp³-hybridized carbons (Fsp3) is 0.273. The second-order valence-corrected chi connectivity index (χ2v) is 6.42. The number of para-hydroxylation sites is 1. The molecule has 0 aliphatic heterocycles. The second-order valence-electron chi connectivity index (χ2n) is 6.42. The van der Waals surface area contributed by atoms with E-state index in [9.17, 15) is 0 Å². The van der Waals surface area contributed by atoms with Crippen LogP contribution >= 0.6 is 0 Å². The van der Waals surface area contributed by atoms with Gasteiger partial charge in [-0.3, -0.25) is 4.99 Å². The number of nitrogens with one attached hydrogen (secondary N) is 2. The number of methoxy groups -OCH3 is 1. The van der Waals surface area contributed by atoms with Crippen molar-refractivity contribution in [3.05, 3.63) is 71.6 Å². The third-order valence-corrected chi connectivity index (χ3v) is 4.39. The van der Waals surface area contributed by atoms with Crippen LogP contribution in [0.25, 0.3) is 11.5 Å². The molecule has 1 aromatic heterocycles. The zero-order valence-corrected chi connectivity index (χ0v) is 16.5. The third-order valence-electron chi connectivity index (χ3n) is 4.39. The molecule has 3 aromatic rings. The lowest BCUT2D eigenvalue weighted by atomic mass is 10.1. The Balaban J connectivity index is 1.50. The largest absolute Gasteiger partial charge is 0.496 e. The van der Waals surface area contributed by atoms with E-state index in [-0.39, 0.29) is 0 Å². The number of guanidine groups is 1. The highest BCUT2D eigenvalue weighted by Gasteiger charge is 2.08. The zero-order valence-electron chi connectivity index (χ0n) is 16.5. The van der Waals surface area contributed by atoms with Gasteiger partial charge in [0.05, 0.1) is 19.3 Å². The Labute approximate surface area is 165 Å². The molecule has 146 valence electrons. The van der Waals surface area contributed by atoms with E-state index in [1.165, 1.54) is 5.56 Å². The summed E-state index contributed by atoms with van der Waals surface area (Å²) in [5.74, 6) is 2.24. The zero-order chi connectivity index (χ0) is 19.8. The van der Waals surface area contributed by atoms with Crippen LogP contribution in [-0.2, 0) is 13.0 Å². The van der Waals surface area contributed by atoms with Crippen molar-refractivity contribution in [2.24, 2.45) is 4.99 Å². The summed E-state index contributed by atoms with van der Waals surface area (Å²) in [5.41, 5.74) is 4.16. The highest BCUT2D eigenvalue weighted by atomic mass is 16.5. The first kappa shape index (κ1) is 19.5. The fourth-order valence-electron chi connectivity index (χ4n) is 2.84. The van der Waals surface area contributed by atoms with Crippen LogP contribution in [0.5, 0.6) is 5.75 Å². The molecule has 0 amide bonds. The molecule has 0 unspecified atom stereocenters. The lowest BCUT2D eigenvalue weighted by Gasteiger charge is -2.12. The Morgan fingerprint density at radius 3 is 2.64 bits per heavy atom. The van der Waals surface area contributed by atoms with Crippen molar-refractivity contribution >= 4 is 5.96 Å². The highest BCUT2D eigenvalue weighted by Crippen LogP contribution is 2.19. The van der Waals surface area contributed by atoms with Gasteiger partial charge in [-0.15, -0.1) is 0 Å². The van der Waals surface area contributed by atoms with E-state index in [0.717, 1.165) is 41.5 Å². The van der Waals surface area contributed by atoms with Gasteiger partial charge in [0, 0.05) is 19.2 Å². The van der Waals surface area contributed by atoms with Crippen molar-refractivity contribution < 1.29 is 9.15 Å². The SMILES string of the molecule is CN=C(NCCc1ccccc1OC)NCc1coc(-c2ccc(C)cc2)n1. The third kappa shape index (κ3) is 5.13. The van der Waals surface area contributed by atoms with E-state index in [1.54, 1.807) is 20.4 Å². The molecule has 0 aliphatic carbocycles. The molecule has 0 spiro atoms. The fourth-order valence-corrected chi connectivity index (χ4v) is 2.84. The minimum absolute atomic E-state index is 0.531. The normalized spacial score (nSPS) is 11.3. The van der Waals surface area contributed by atoms with Crippen molar-refractivity contribution in [2.75, 3.05) is 20.7 Å². The van der Waals surface area contributed by atoms with Crippen molar-refractivity contribution in [3.8, 4) is 17.2 Å². The summed E-state index contributed by atoms with van der Waals surface area (Å²) in [7, 11) is 3.44. The van der Waals surface area contributed by atoms with Gasteiger partial charge in [-0.2, -0.15) is 0 Å². The number of aromatic nitrogens is 1. The van der Waals surface area contributed by atoms with Gasteiger partial charge in [-0.1, -0.05) is 35.9 Å². The van der Waals surface area contributed by atoms with Crippen molar-refractivity contribution in [1.29, 1.82) is 0 Å². The molecule has 0 atom stereocenters. The Morgan fingerprint density at radius 2 is 1.89 bits per heavy atom. The number of aliphatic imine (C=N–C) groups is 1. The summed E-state index contributed by atoms with van der Waals surface area (Å²) in [6.07, 6.45) is 2.51. The summed E-state index contributed by atoms with van der Waals surface area (Å²) >= 11 is 0. The minimum Gasteiger partial charge on any atom is -0.496 e.